The van der Waals surface area contributed by atoms with E-state index in [-0.39, 0.29) is 24.3 Å². The molecule has 0 aliphatic carbocycles. The first-order valence-corrected chi connectivity index (χ1v) is 21.2. The minimum atomic E-state index is -10.0. The largest absolute Gasteiger partial charge is 0.460 e. The van der Waals surface area contributed by atoms with Crippen LogP contribution in [0.1, 0.15) is 27.8 Å². The summed E-state index contributed by atoms with van der Waals surface area (Å²) in [4.78, 5) is -2.48. The second kappa shape index (κ2) is 20.6. The summed E-state index contributed by atoms with van der Waals surface area (Å²) in [6.07, 6.45) is -21.8. The Labute approximate surface area is 434 Å². The summed E-state index contributed by atoms with van der Waals surface area (Å²) in [6, 6.07) is -0.364. The Morgan fingerprint density at radius 2 is 0.512 bits per heavy atom. The molecular weight excluding hydrogens is 1310 g/mol. The van der Waals surface area contributed by atoms with Crippen molar-refractivity contribution >= 4 is 10.1 Å². The predicted octanol–water partition coefficient (Wildman–Crippen LogP) is 16.9. The van der Waals surface area contributed by atoms with Crippen LogP contribution in [0.15, 0.2) is 29.2 Å². The molecule has 0 fully saturated rings. The number of rotatable bonds is 15. The zero-order valence-electron chi connectivity index (χ0n) is 37.7. The lowest BCUT2D eigenvalue weighted by Crippen LogP contribution is -2.75. The molecule has 5 nitrogen and oxygen atoms in total. The van der Waals surface area contributed by atoms with Gasteiger partial charge in [0.15, 0.2) is 46.5 Å². The number of hydrogen-bond donors (Lipinski definition) is 0. The molecule has 0 aliphatic rings. The van der Waals surface area contributed by atoms with Crippen LogP contribution in [0.5, 0.6) is 23.0 Å². The van der Waals surface area contributed by atoms with Crippen LogP contribution in [0, 0.1) is 100.0 Å². The molecule has 0 radical (unpaired) electrons. The first-order chi connectivity index (χ1) is 37.5. The maximum absolute atomic E-state index is 17.4. The molecule has 5 rings (SSSR count). The topological polar surface area (TPSA) is 61.8 Å². The van der Waals surface area contributed by atoms with Crippen molar-refractivity contribution < 1.29 is 185 Å². The molecule has 0 unspecified atom stereocenters. The highest BCUT2D eigenvalue weighted by atomic mass is 32.2. The summed E-state index contributed by atoms with van der Waals surface area (Å²) in [5.74, 6) is -142. The van der Waals surface area contributed by atoms with Gasteiger partial charge >= 0.3 is 54.1 Å². The van der Waals surface area contributed by atoms with Crippen LogP contribution in [0.3, 0.4) is 0 Å². The van der Waals surface area contributed by atoms with Crippen molar-refractivity contribution in [2.75, 3.05) is 0 Å². The third kappa shape index (κ3) is 9.68. The Hall–Kier alpha value is -6.98. The summed E-state index contributed by atoms with van der Waals surface area (Å²) >= 11 is 0. The Balaban J connectivity index is 2.15. The highest BCUT2D eigenvalue weighted by Gasteiger charge is 2.95. The molecule has 466 valence electrons. The van der Waals surface area contributed by atoms with Crippen LogP contribution >= 0.6 is 0 Å². The zero-order valence-corrected chi connectivity index (χ0v) is 38.6. The molecule has 0 aromatic heterocycles. The van der Waals surface area contributed by atoms with Crippen LogP contribution in [0.2, 0.25) is 0 Å². The van der Waals surface area contributed by atoms with Gasteiger partial charge < -0.3 is 9.47 Å². The van der Waals surface area contributed by atoms with Gasteiger partial charge in [0.05, 0.1) is 16.0 Å². The van der Waals surface area contributed by atoms with E-state index >= 15 is 70.2 Å². The number of halogens is 37. The summed E-state index contributed by atoms with van der Waals surface area (Å²) in [5.41, 5.74) is -26.8. The Morgan fingerprint density at radius 3 is 0.738 bits per heavy atom. The lowest BCUT2D eigenvalue weighted by Gasteiger charge is -2.47. The highest BCUT2D eigenvalue weighted by molar-refractivity contribution is 7.86. The molecule has 0 amide bonds. The highest BCUT2D eigenvalue weighted by Crippen LogP contribution is 2.67. The van der Waals surface area contributed by atoms with E-state index in [1.54, 1.807) is 0 Å². The third-order valence-electron chi connectivity index (χ3n) is 10.9. The van der Waals surface area contributed by atoms with Gasteiger partial charge in [0, 0.05) is 0 Å². The average Bonchev–Trinajstić information content (AvgIpc) is 3.45. The zero-order chi connectivity index (χ0) is 65.5. The van der Waals surface area contributed by atoms with Gasteiger partial charge in [-0.25, -0.2) is 39.3 Å². The summed E-state index contributed by atoms with van der Waals surface area (Å²) in [5, 5.41) is 0. The Bertz CT molecular complexity index is 3340. The fourth-order valence-electron chi connectivity index (χ4n) is 6.80. The van der Waals surface area contributed by atoms with E-state index in [0.717, 1.165) is 6.92 Å². The lowest BCUT2D eigenvalue weighted by molar-refractivity contribution is -0.458. The molecule has 43 heteroatoms. The fourth-order valence-corrected chi connectivity index (χ4v) is 7.97. The van der Waals surface area contributed by atoms with Gasteiger partial charge in [-0.3, -0.25) is 0 Å². The first kappa shape index (κ1) is 67.8. The molecule has 0 saturated heterocycles. The summed E-state index contributed by atoms with van der Waals surface area (Å²) < 4.78 is 588. The standard InChI is InChI=1S/C41H7F37O5S/c1-6-2-4-7(5-3-6)84(79,80)83-32(35(64,65)36(66,67)37(68,69)38(70,71)39(72,73)40(74,75)41(76,77)78,8-12(42)20(50)28(21(51)13(8)43)81-30-24(54)16(46)10(33(58,59)60)17(47)25(30)55)9-14(44)22(52)29(23(53)15(9)45)82-31-26(56)18(48)11(34(61,62)63)19(49)27(31)57/h2-5H,1H3. The Morgan fingerprint density at radius 1 is 0.298 bits per heavy atom. The molecule has 0 spiro atoms. The van der Waals surface area contributed by atoms with E-state index in [0.29, 0.717) is 0 Å². The van der Waals surface area contributed by atoms with Crippen molar-refractivity contribution in [1.82, 2.24) is 0 Å². The normalized spacial score (nSPS) is 14.0. The third-order valence-corrected chi connectivity index (χ3v) is 12.2. The smallest absolute Gasteiger partial charge is 0.444 e. The second-order valence-electron chi connectivity index (χ2n) is 16.0. The van der Waals surface area contributed by atoms with Gasteiger partial charge in [-0.15, -0.1) is 0 Å². The number of hydrogen-bond acceptors (Lipinski definition) is 5. The quantitative estimate of drug-likeness (QED) is 0.0594. The number of benzene rings is 5. The SMILES string of the molecule is Cc1ccc(S(=O)(=O)OC(c2c(F)c(F)c(Oc3c(F)c(F)c(C(F)(F)F)c(F)c3F)c(F)c2F)(c2c(F)c(F)c(Oc3c(F)c(F)c(C(F)(F)F)c(F)c3F)c(F)c2F)C(F)(F)C(F)(F)C(F)(F)C(F)(F)C(F)(F)C(F)(F)C(F)(F)F)cc1. The monoisotopic (exact) mass is 1310 g/mol. The van der Waals surface area contributed by atoms with Gasteiger partial charge in [0.1, 0.15) is 11.1 Å². The van der Waals surface area contributed by atoms with Gasteiger partial charge in [0.25, 0.3) is 10.1 Å². The van der Waals surface area contributed by atoms with Crippen LogP contribution in [-0.2, 0) is 32.3 Å². The second-order valence-corrected chi connectivity index (χ2v) is 17.6. The van der Waals surface area contributed by atoms with E-state index < -0.39 is 219 Å². The van der Waals surface area contributed by atoms with E-state index in [1.165, 1.54) is 0 Å². The van der Waals surface area contributed by atoms with Crippen LogP contribution in [-0.4, -0.2) is 50.1 Å². The molecule has 0 aliphatic heterocycles. The van der Waals surface area contributed by atoms with Gasteiger partial charge in [-0.05, 0) is 19.1 Å². The van der Waals surface area contributed by atoms with E-state index in [4.69, 9.17) is 0 Å². The number of aryl methyl sites for hydroxylation is 1. The minimum absolute atomic E-state index is 0.178. The lowest BCUT2D eigenvalue weighted by atomic mass is 9.74. The molecular formula is C41H7F37O5S. The van der Waals surface area contributed by atoms with Crippen molar-refractivity contribution in [2.45, 2.75) is 71.5 Å². The Kier molecular flexibility index (Phi) is 16.7. The number of ether oxygens (including phenoxy) is 2. The molecule has 0 N–H and O–H groups in total. The van der Waals surface area contributed by atoms with Crippen molar-refractivity contribution in [3.05, 3.63) is 145 Å². The molecule has 0 atom stereocenters. The summed E-state index contributed by atoms with van der Waals surface area (Å²) in [7, 11) is -7.97. The van der Waals surface area contributed by atoms with Crippen molar-refractivity contribution in [1.29, 1.82) is 0 Å². The molecule has 0 heterocycles. The van der Waals surface area contributed by atoms with E-state index in [9.17, 15) is 101 Å². The predicted molar refractivity (Wildman–Crippen MR) is 191 cm³/mol. The van der Waals surface area contributed by atoms with Crippen molar-refractivity contribution in [2.24, 2.45) is 0 Å². The van der Waals surface area contributed by atoms with E-state index in [1.807, 2.05) is 0 Å². The molecule has 0 bridgehead atoms. The summed E-state index contributed by atoms with van der Waals surface area (Å²) in [6.45, 7) is 0.785. The fraction of sp³-hybridized carbons (Fsp3) is 0.268. The molecule has 5 aromatic rings. The maximum Gasteiger partial charge on any atom is 0.460 e. The van der Waals surface area contributed by atoms with Crippen LogP contribution < -0.4 is 9.47 Å². The van der Waals surface area contributed by atoms with Gasteiger partial charge in [-0.2, -0.15) is 136 Å². The maximum atomic E-state index is 17.4. The molecule has 0 saturated carbocycles. The first-order valence-electron chi connectivity index (χ1n) is 19.8. The van der Waals surface area contributed by atoms with Gasteiger partial charge in [0.2, 0.25) is 75.1 Å². The minimum Gasteiger partial charge on any atom is -0.444 e. The average molecular weight is 1310 g/mol. The van der Waals surface area contributed by atoms with Crippen molar-refractivity contribution in [3.8, 4) is 23.0 Å². The van der Waals surface area contributed by atoms with Crippen molar-refractivity contribution in [3.63, 3.8) is 0 Å². The van der Waals surface area contributed by atoms with Gasteiger partial charge in [-0.1, -0.05) is 17.7 Å². The van der Waals surface area contributed by atoms with Crippen LogP contribution in [0.4, 0.5) is 162 Å². The number of alkyl halides is 21. The van der Waals surface area contributed by atoms with E-state index in [2.05, 4.69) is 13.7 Å². The molecule has 84 heavy (non-hydrogen) atoms. The van der Waals surface area contributed by atoms with Crippen LogP contribution in [0.25, 0.3) is 0 Å². The molecule has 5 aromatic carbocycles.